The average Bonchev–Trinajstić information content (AvgIpc) is 2.26. The van der Waals surface area contributed by atoms with Crippen LogP contribution in [0.4, 0.5) is 0 Å². The fourth-order valence-electron chi connectivity index (χ4n) is 1.05. The summed E-state index contributed by atoms with van der Waals surface area (Å²) in [5.74, 6) is 0. The number of hydrogen-bond acceptors (Lipinski definition) is 5. The van der Waals surface area contributed by atoms with Gasteiger partial charge in [-0.3, -0.25) is 0 Å². The zero-order valence-electron chi connectivity index (χ0n) is 9.14. The van der Waals surface area contributed by atoms with Crippen molar-refractivity contribution in [3.05, 3.63) is 18.5 Å². The van der Waals surface area contributed by atoms with Gasteiger partial charge in [-0.05, 0) is 6.07 Å². The lowest BCUT2D eigenvalue weighted by Crippen LogP contribution is -2.26. The second-order valence-corrected chi connectivity index (χ2v) is 4.56. The van der Waals surface area contributed by atoms with Crippen LogP contribution >= 0.6 is 11.8 Å². The number of nitrogens with one attached hydrogen (secondary N) is 1. The van der Waals surface area contributed by atoms with Crippen LogP contribution in [0.1, 0.15) is 6.92 Å². The molecule has 0 bridgehead atoms. The average molecular weight is 227 g/mol. The summed E-state index contributed by atoms with van der Waals surface area (Å²) in [5.41, 5.74) is 0. The van der Waals surface area contributed by atoms with E-state index in [-0.39, 0.29) is 0 Å². The molecule has 0 aromatic carbocycles. The van der Waals surface area contributed by atoms with Gasteiger partial charge in [0.25, 0.3) is 0 Å². The summed E-state index contributed by atoms with van der Waals surface area (Å²) in [4.78, 5) is 8.33. The quantitative estimate of drug-likeness (QED) is 0.431. The Morgan fingerprint density at radius 1 is 1.47 bits per heavy atom. The molecular weight excluding hydrogens is 210 g/mol. The van der Waals surface area contributed by atoms with Gasteiger partial charge in [0.1, 0.15) is 0 Å². The summed E-state index contributed by atoms with van der Waals surface area (Å²) in [6.45, 7) is 4.73. The molecule has 84 valence electrons. The summed E-state index contributed by atoms with van der Waals surface area (Å²) in [7, 11) is 1.71. The van der Waals surface area contributed by atoms with Crippen LogP contribution in [-0.4, -0.2) is 42.0 Å². The van der Waals surface area contributed by atoms with Gasteiger partial charge < -0.3 is 10.1 Å². The molecule has 0 aliphatic heterocycles. The van der Waals surface area contributed by atoms with Gasteiger partial charge in [-0.15, -0.1) is 0 Å². The topological polar surface area (TPSA) is 47.0 Å². The first-order valence-electron chi connectivity index (χ1n) is 4.96. The first kappa shape index (κ1) is 12.4. The van der Waals surface area contributed by atoms with Crippen molar-refractivity contribution in [1.82, 2.24) is 15.3 Å². The van der Waals surface area contributed by atoms with Crippen LogP contribution in [0.5, 0.6) is 0 Å². The molecule has 0 aliphatic carbocycles. The Labute approximate surface area is 94.8 Å². The molecule has 1 unspecified atom stereocenters. The Hall–Kier alpha value is -0.650. The highest BCUT2D eigenvalue weighted by molar-refractivity contribution is 7.99. The lowest BCUT2D eigenvalue weighted by atomic mass is 10.4. The summed E-state index contributed by atoms with van der Waals surface area (Å²) in [6.07, 6.45) is 3.53. The highest BCUT2D eigenvalue weighted by Crippen LogP contribution is 2.16. The van der Waals surface area contributed by atoms with Crippen LogP contribution in [0.2, 0.25) is 0 Å². The molecule has 0 saturated heterocycles. The molecule has 1 aromatic rings. The van der Waals surface area contributed by atoms with Crippen LogP contribution in [0.15, 0.2) is 23.6 Å². The Balaban J connectivity index is 2.16. The van der Waals surface area contributed by atoms with E-state index in [4.69, 9.17) is 4.74 Å². The van der Waals surface area contributed by atoms with Gasteiger partial charge in [0.05, 0.1) is 6.61 Å². The van der Waals surface area contributed by atoms with Crippen LogP contribution < -0.4 is 5.32 Å². The summed E-state index contributed by atoms with van der Waals surface area (Å²) in [5, 5.41) is 4.60. The highest BCUT2D eigenvalue weighted by atomic mass is 32.2. The number of ether oxygens (including phenoxy) is 1. The fraction of sp³-hybridized carbons (Fsp3) is 0.600. The predicted octanol–water partition coefficient (Wildman–Crippen LogP) is 1.19. The molecule has 1 heterocycles. The van der Waals surface area contributed by atoms with E-state index in [0.29, 0.717) is 5.25 Å². The summed E-state index contributed by atoms with van der Waals surface area (Å²) in [6, 6.07) is 1.82. The van der Waals surface area contributed by atoms with E-state index in [1.54, 1.807) is 31.3 Å². The molecule has 1 N–H and O–H groups in total. The van der Waals surface area contributed by atoms with E-state index in [2.05, 4.69) is 22.2 Å². The third-order valence-electron chi connectivity index (χ3n) is 1.76. The van der Waals surface area contributed by atoms with E-state index in [1.165, 1.54) is 0 Å². The van der Waals surface area contributed by atoms with Gasteiger partial charge in [0.2, 0.25) is 0 Å². The zero-order valence-corrected chi connectivity index (χ0v) is 9.96. The maximum atomic E-state index is 4.95. The SMILES string of the molecule is COCCNCC(C)Sc1ncccn1. The largest absolute Gasteiger partial charge is 0.383 e. The Morgan fingerprint density at radius 2 is 2.20 bits per heavy atom. The number of methoxy groups -OCH3 is 1. The molecule has 0 fully saturated rings. The highest BCUT2D eigenvalue weighted by Gasteiger charge is 2.05. The van der Waals surface area contributed by atoms with Crippen LogP contribution in [-0.2, 0) is 4.74 Å². The minimum atomic E-state index is 0.462. The molecule has 1 atom stereocenters. The zero-order chi connectivity index (χ0) is 10.9. The van der Waals surface area contributed by atoms with E-state index in [9.17, 15) is 0 Å². The predicted molar refractivity (Wildman–Crippen MR) is 62.1 cm³/mol. The maximum Gasteiger partial charge on any atom is 0.187 e. The Morgan fingerprint density at radius 3 is 2.87 bits per heavy atom. The van der Waals surface area contributed by atoms with Gasteiger partial charge in [-0.1, -0.05) is 18.7 Å². The normalized spacial score (nSPS) is 12.7. The molecule has 15 heavy (non-hydrogen) atoms. The second kappa shape index (κ2) is 7.62. The van der Waals surface area contributed by atoms with Crippen molar-refractivity contribution in [2.75, 3.05) is 26.8 Å². The number of rotatable bonds is 7. The van der Waals surface area contributed by atoms with Crippen LogP contribution in [0.25, 0.3) is 0 Å². The second-order valence-electron chi connectivity index (χ2n) is 3.16. The minimum Gasteiger partial charge on any atom is -0.383 e. The summed E-state index contributed by atoms with van der Waals surface area (Å²) >= 11 is 1.68. The van der Waals surface area contributed by atoms with Crippen molar-refractivity contribution >= 4 is 11.8 Å². The lowest BCUT2D eigenvalue weighted by molar-refractivity contribution is 0.199. The number of aromatic nitrogens is 2. The van der Waals surface area contributed by atoms with Gasteiger partial charge in [-0.25, -0.2) is 9.97 Å². The monoisotopic (exact) mass is 227 g/mol. The number of thioether (sulfide) groups is 1. The van der Waals surface area contributed by atoms with Crippen molar-refractivity contribution in [2.24, 2.45) is 0 Å². The molecule has 0 radical (unpaired) electrons. The van der Waals surface area contributed by atoms with Crippen molar-refractivity contribution in [1.29, 1.82) is 0 Å². The molecule has 1 rings (SSSR count). The summed E-state index contributed by atoms with van der Waals surface area (Å²) < 4.78 is 4.95. The molecule has 0 amide bonds. The van der Waals surface area contributed by atoms with Gasteiger partial charge >= 0.3 is 0 Å². The van der Waals surface area contributed by atoms with E-state index < -0.39 is 0 Å². The van der Waals surface area contributed by atoms with Crippen LogP contribution in [0.3, 0.4) is 0 Å². The molecule has 0 saturated carbocycles. The molecular formula is C10H17N3OS. The van der Waals surface area contributed by atoms with Crippen molar-refractivity contribution in [2.45, 2.75) is 17.3 Å². The van der Waals surface area contributed by atoms with Gasteiger partial charge in [0, 0.05) is 37.8 Å². The standard InChI is InChI=1S/C10H17N3OS/c1-9(8-11-6-7-14-2)15-10-12-4-3-5-13-10/h3-5,9,11H,6-8H2,1-2H3. The van der Waals surface area contributed by atoms with Crippen LogP contribution in [0, 0.1) is 0 Å². The Bertz CT molecular complexity index is 258. The molecule has 1 aromatic heterocycles. The molecule has 5 heteroatoms. The molecule has 4 nitrogen and oxygen atoms in total. The fourth-order valence-corrected chi connectivity index (χ4v) is 1.85. The lowest BCUT2D eigenvalue weighted by Gasteiger charge is -2.10. The van der Waals surface area contributed by atoms with Crippen molar-refractivity contribution in [3.8, 4) is 0 Å². The minimum absolute atomic E-state index is 0.462. The Kier molecular flexibility index (Phi) is 6.31. The van der Waals surface area contributed by atoms with E-state index >= 15 is 0 Å². The first-order valence-corrected chi connectivity index (χ1v) is 5.84. The van der Waals surface area contributed by atoms with Gasteiger partial charge in [-0.2, -0.15) is 0 Å². The van der Waals surface area contributed by atoms with Crippen molar-refractivity contribution in [3.63, 3.8) is 0 Å². The smallest absolute Gasteiger partial charge is 0.187 e. The van der Waals surface area contributed by atoms with E-state index in [1.807, 2.05) is 6.07 Å². The van der Waals surface area contributed by atoms with Gasteiger partial charge in [0.15, 0.2) is 5.16 Å². The molecule has 0 spiro atoms. The van der Waals surface area contributed by atoms with Crippen molar-refractivity contribution < 1.29 is 4.74 Å². The number of nitrogens with zero attached hydrogens (tertiary/aromatic N) is 2. The first-order chi connectivity index (χ1) is 7.33. The maximum absolute atomic E-state index is 4.95. The third kappa shape index (κ3) is 5.71. The van der Waals surface area contributed by atoms with E-state index in [0.717, 1.165) is 24.9 Å². The third-order valence-corrected chi connectivity index (χ3v) is 2.75. The number of hydrogen-bond donors (Lipinski definition) is 1. The molecule has 0 aliphatic rings.